The smallest absolute Gasteiger partial charge is 0.390 e. The van der Waals surface area contributed by atoms with E-state index in [9.17, 15) is 20.2 Å². The van der Waals surface area contributed by atoms with Crippen molar-refractivity contribution >= 4 is 17.9 Å². The highest BCUT2D eigenvalue weighted by Crippen LogP contribution is 2.06. The van der Waals surface area contributed by atoms with Crippen LogP contribution in [0.4, 0.5) is 11.9 Å². The van der Waals surface area contributed by atoms with Gasteiger partial charge in [0.2, 0.25) is 6.67 Å². The lowest BCUT2D eigenvalue weighted by molar-refractivity contribution is -0.395. The average Bonchev–Trinajstić information content (AvgIpc) is 2.78. The molecule has 0 radical (unpaired) electrons. The molecular formula is C4H3N9O4. The third-order valence-corrected chi connectivity index (χ3v) is 1.63. The van der Waals surface area contributed by atoms with Crippen LogP contribution in [0.15, 0.2) is 4.99 Å². The average molecular weight is 241 g/mol. The third-order valence-electron chi connectivity index (χ3n) is 1.63. The molecule has 0 aliphatic carbocycles. The summed E-state index contributed by atoms with van der Waals surface area (Å²) in [5.74, 6) is -1.40. The number of hydrogen-bond donors (Lipinski definition) is 1. The predicted molar refractivity (Wildman–Crippen MR) is 49.2 cm³/mol. The highest BCUT2D eigenvalue weighted by atomic mass is 16.6. The standard InChI is InChI=1S/C4H3N9O4/c14-12(15)2-5-1-11(10-2)3-6-8-4(9-7-3)13(16)17/h1H2,(H,5,10). The van der Waals surface area contributed by atoms with E-state index in [0.717, 1.165) is 5.01 Å². The van der Waals surface area contributed by atoms with E-state index in [-0.39, 0.29) is 12.6 Å². The summed E-state index contributed by atoms with van der Waals surface area (Å²) in [7, 11) is 0. The number of aliphatic imine (C=N–C) groups is 1. The molecule has 0 spiro atoms. The Kier molecular flexibility index (Phi) is 2.40. The van der Waals surface area contributed by atoms with Crippen LogP contribution in [0.1, 0.15) is 0 Å². The molecule has 1 aromatic heterocycles. The van der Waals surface area contributed by atoms with Crippen molar-refractivity contribution < 1.29 is 9.85 Å². The molecule has 0 unspecified atom stereocenters. The first-order valence-electron chi connectivity index (χ1n) is 4.03. The van der Waals surface area contributed by atoms with Gasteiger partial charge in [-0.2, -0.15) is 10.4 Å². The van der Waals surface area contributed by atoms with Gasteiger partial charge in [-0.1, -0.05) is 4.99 Å². The van der Waals surface area contributed by atoms with Gasteiger partial charge in [0.05, 0.1) is 10.2 Å². The molecule has 1 aromatic rings. The Morgan fingerprint density at radius 2 is 1.76 bits per heavy atom. The number of anilines is 1. The number of hydrogen-bond acceptors (Lipinski definition) is 11. The minimum absolute atomic E-state index is 0.114. The minimum Gasteiger partial charge on any atom is -0.390 e. The first-order chi connectivity index (χ1) is 8.08. The molecule has 13 nitrogen and oxygen atoms in total. The van der Waals surface area contributed by atoms with Gasteiger partial charge in [-0.25, -0.2) is 0 Å². The van der Waals surface area contributed by atoms with Crippen molar-refractivity contribution in [1.29, 1.82) is 0 Å². The largest absolute Gasteiger partial charge is 0.513 e. The molecule has 0 saturated heterocycles. The number of guanidine groups is 1. The van der Waals surface area contributed by atoms with Gasteiger partial charge in [0.25, 0.3) is 0 Å². The predicted octanol–water partition coefficient (Wildman–Crippen LogP) is -1.91. The maximum atomic E-state index is 10.3. The Labute approximate surface area is 91.5 Å². The molecule has 2 rings (SSSR count). The molecule has 0 amide bonds. The molecule has 17 heavy (non-hydrogen) atoms. The lowest BCUT2D eigenvalue weighted by Crippen LogP contribution is -2.40. The van der Waals surface area contributed by atoms with Gasteiger partial charge in [-0.05, 0) is 20.0 Å². The molecule has 0 aromatic carbocycles. The van der Waals surface area contributed by atoms with Gasteiger partial charge < -0.3 is 20.2 Å². The molecule has 0 bridgehead atoms. The summed E-state index contributed by atoms with van der Waals surface area (Å²) in [4.78, 5) is 22.5. The lowest BCUT2D eigenvalue weighted by atomic mass is 10.9. The summed E-state index contributed by atoms with van der Waals surface area (Å²) in [6.07, 6.45) is 0. The fourth-order valence-corrected chi connectivity index (χ4v) is 0.941. The van der Waals surface area contributed by atoms with Crippen LogP contribution in [0.5, 0.6) is 0 Å². The van der Waals surface area contributed by atoms with Crippen LogP contribution >= 0.6 is 0 Å². The van der Waals surface area contributed by atoms with Gasteiger partial charge in [0.15, 0.2) is 0 Å². The Morgan fingerprint density at radius 3 is 2.24 bits per heavy atom. The zero-order valence-corrected chi connectivity index (χ0v) is 7.92. The first-order valence-corrected chi connectivity index (χ1v) is 4.03. The lowest BCUT2D eigenvalue weighted by Gasteiger charge is -2.06. The van der Waals surface area contributed by atoms with Gasteiger partial charge in [0.1, 0.15) is 0 Å². The van der Waals surface area contributed by atoms with Crippen LogP contribution in [-0.2, 0) is 0 Å². The van der Waals surface area contributed by atoms with E-state index in [1.54, 1.807) is 0 Å². The SMILES string of the molecule is O=[N+]([O-])C1=NCN(c2nnc([N+](=O)[O-])nn2)N1. The quantitative estimate of drug-likeness (QED) is 0.455. The fraction of sp³-hybridized carbons (Fsp3) is 0.250. The Morgan fingerprint density at radius 1 is 1.12 bits per heavy atom. The first kappa shape index (κ1) is 10.5. The fourth-order valence-electron chi connectivity index (χ4n) is 0.941. The monoisotopic (exact) mass is 241 g/mol. The summed E-state index contributed by atoms with van der Waals surface area (Å²) in [5, 5.41) is 34.7. The van der Waals surface area contributed by atoms with Crippen LogP contribution in [0.25, 0.3) is 0 Å². The van der Waals surface area contributed by atoms with Crippen molar-refractivity contribution in [2.24, 2.45) is 4.99 Å². The summed E-state index contributed by atoms with van der Waals surface area (Å²) in [6, 6.07) is 0. The molecule has 1 N–H and O–H groups in total. The molecule has 0 fully saturated rings. The van der Waals surface area contributed by atoms with Crippen LogP contribution in [0.3, 0.4) is 0 Å². The highest BCUT2D eigenvalue weighted by molar-refractivity contribution is 5.75. The zero-order valence-electron chi connectivity index (χ0n) is 7.92. The molecule has 0 atom stereocenters. The summed E-state index contributed by atoms with van der Waals surface area (Å²) in [6.45, 7) is -0.114. The summed E-state index contributed by atoms with van der Waals surface area (Å²) < 4.78 is 0. The van der Waals surface area contributed by atoms with Crippen molar-refractivity contribution in [1.82, 2.24) is 25.8 Å². The van der Waals surface area contributed by atoms with E-state index in [0.29, 0.717) is 0 Å². The Balaban J connectivity index is 2.11. The number of hydrazine groups is 1. The second kappa shape index (κ2) is 3.87. The van der Waals surface area contributed by atoms with Crippen LogP contribution in [0, 0.1) is 20.2 Å². The zero-order chi connectivity index (χ0) is 12.4. The summed E-state index contributed by atoms with van der Waals surface area (Å²) in [5.41, 5.74) is 2.26. The van der Waals surface area contributed by atoms with Gasteiger partial charge in [-0.3, -0.25) is 0 Å². The van der Waals surface area contributed by atoms with E-state index >= 15 is 0 Å². The topological polar surface area (TPSA) is 165 Å². The number of nitrogens with zero attached hydrogens (tertiary/aromatic N) is 8. The Hall–Kier alpha value is -2.99. The van der Waals surface area contributed by atoms with Gasteiger partial charge in [-0.15, -0.1) is 0 Å². The van der Waals surface area contributed by atoms with E-state index in [2.05, 4.69) is 30.8 Å². The molecule has 2 heterocycles. The van der Waals surface area contributed by atoms with E-state index in [1.165, 1.54) is 0 Å². The van der Waals surface area contributed by atoms with Crippen molar-refractivity contribution in [2.45, 2.75) is 0 Å². The molecule has 1 aliphatic rings. The van der Waals surface area contributed by atoms with Crippen LogP contribution in [-0.4, -0.2) is 42.9 Å². The second-order valence-corrected chi connectivity index (χ2v) is 2.68. The molecule has 0 saturated carbocycles. The Bertz CT molecular complexity index is 496. The van der Waals surface area contributed by atoms with Crippen molar-refractivity contribution in [3.05, 3.63) is 20.2 Å². The van der Waals surface area contributed by atoms with Crippen molar-refractivity contribution in [3.63, 3.8) is 0 Å². The van der Waals surface area contributed by atoms with Crippen LogP contribution in [0.2, 0.25) is 0 Å². The molecule has 13 heteroatoms. The van der Waals surface area contributed by atoms with Crippen LogP contribution < -0.4 is 10.4 Å². The maximum Gasteiger partial charge on any atom is 0.513 e. The number of aromatic nitrogens is 4. The maximum absolute atomic E-state index is 10.3. The van der Waals surface area contributed by atoms with E-state index < -0.39 is 21.8 Å². The number of rotatable bonds is 2. The molecular weight excluding hydrogens is 238 g/mol. The molecule has 1 aliphatic heterocycles. The summed E-state index contributed by atoms with van der Waals surface area (Å²) >= 11 is 0. The third kappa shape index (κ3) is 2.01. The second-order valence-electron chi connectivity index (χ2n) is 2.68. The molecule has 88 valence electrons. The van der Waals surface area contributed by atoms with Gasteiger partial charge >= 0.3 is 17.9 Å². The number of nitrogens with one attached hydrogen (secondary N) is 1. The normalized spacial score (nSPS) is 14.1. The number of nitro groups is 2. The van der Waals surface area contributed by atoms with E-state index in [4.69, 9.17) is 0 Å². The van der Waals surface area contributed by atoms with Gasteiger partial charge in [0, 0.05) is 0 Å². The van der Waals surface area contributed by atoms with Crippen molar-refractivity contribution in [3.8, 4) is 0 Å². The highest BCUT2D eigenvalue weighted by Gasteiger charge is 2.29. The van der Waals surface area contributed by atoms with Crippen molar-refractivity contribution in [2.75, 3.05) is 11.7 Å². The van der Waals surface area contributed by atoms with E-state index in [1.807, 2.05) is 0 Å². The minimum atomic E-state index is -0.861.